The van der Waals surface area contributed by atoms with Crippen molar-refractivity contribution in [3.8, 4) is 0 Å². The first-order valence-electron chi connectivity index (χ1n) is 5.53. The molecule has 1 heterocycles. The summed E-state index contributed by atoms with van der Waals surface area (Å²) in [4.78, 5) is 13.8. The van der Waals surface area contributed by atoms with Crippen molar-refractivity contribution >= 4 is 56.5 Å². The van der Waals surface area contributed by atoms with E-state index in [1.165, 1.54) is 11.8 Å². The summed E-state index contributed by atoms with van der Waals surface area (Å²) in [5, 5.41) is 3.57. The summed E-state index contributed by atoms with van der Waals surface area (Å²) >= 11 is 12.5. The molecule has 1 N–H and O–H groups in total. The molecule has 19 heavy (non-hydrogen) atoms. The number of amides is 1. The Kier molecular flexibility index (Phi) is 5.76. The van der Waals surface area contributed by atoms with Crippen molar-refractivity contribution in [1.82, 2.24) is 5.32 Å². The molecule has 0 fully saturated rings. The summed E-state index contributed by atoms with van der Waals surface area (Å²) in [7, 11) is 0. The fraction of sp³-hybridized carbons (Fsp3) is 0.154. The van der Waals surface area contributed by atoms with E-state index in [1.54, 1.807) is 11.3 Å². The number of thioether (sulfide) groups is 1. The molecule has 1 aromatic carbocycles. The van der Waals surface area contributed by atoms with Crippen molar-refractivity contribution in [2.75, 3.05) is 5.75 Å². The van der Waals surface area contributed by atoms with E-state index in [2.05, 4.69) is 21.2 Å². The van der Waals surface area contributed by atoms with Crippen molar-refractivity contribution in [3.63, 3.8) is 0 Å². The van der Waals surface area contributed by atoms with Gasteiger partial charge < -0.3 is 5.32 Å². The van der Waals surface area contributed by atoms with Gasteiger partial charge in [0, 0.05) is 9.77 Å². The molecule has 0 aliphatic carbocycles. The summed E-state index contributed by atoms with van der Waals surface area (Å²) < 4.78 is 1.07. The molecule has 0 atom stereocenters. The fourth-order valence-electron chi connectivity index (χ4n) is 1.39. The van der Waals surface area contributed by atoms with E-state index in [0.717, 1.165) is 13.6 Å². The largest absolute Gasteiger partial charge is 0.350 e. The highest BCUT2D eigenvalue weighted by Crippen LogP contribution is 2.26. The molecule has 0 spiro atoms. The number of hydrogen-bond acceptors (Lipinski definition) is 3. The van der Waals surface area contributed by atoms with Gasteiger partial charge in [0.05, 0.1) is 21.1 Å². The second kappa shape index (κ2) is 7.33. The number of thiophene rings is 1. The van der Waals surface area contributed by atoms with E-state index >= 15 is 0 Å². The quantitative estimate of drug-likeness (QED) is 0.774. The fourth-order valence-corrected chi connectivity index (χ4v) is 3.88. The lowest BCUT2D eigenvalue weighted by Crippen LogP contribution is -2.24. The summed E-state index contributed by atoms with van der Waals surface area (Å²) in [5.74, 6) is 0.380. The number of halogens is 2. The van der Waals surface area contributed by atoms with Crippen molar-refractivity contribution in [2.45, 2.75) is 11.4 Å². The average Bonchev–Trinajstić information content (AvgIpc) is 2.81. The lowest BCUT2D eigenvalue weighted by atomic mass is 10.4. The van der Waals surface area contributed by atoms with Gasteiger partial charge in [-0.25, -0.2) is 0 Å². The Labute approximate surface area is 133 Å². The summed E-state index contributed by atoms with van der Waals surface area (Å²) in [6, 6.07) is 11.5. The minimum atomic E-state index is 0.00874. The van der Waals surface area contributed by atoms with Gasteiger partial charge in [0.1, 0.15) is 0 Å². The molecule has 0 radical (unpaired) electrons. The smallest absolute Gasteiger partial charge is 0.230 e. The first kappa shape index (κ1) is 14.9. The summed E-state index contributed by atoms with van der Waals surface area (Å²) in [5.41, 5.74) is 0. The van der Waals surface area contributed by atoms with Gasteiger partial charge in [-0.2, -0.15) is 0 Å². The van der Waals surface area contributed by atoms with E-state index in [0.29, 0.717) is 17.3 Å². The van der Waals surface area contributed by atoms with E-state index in [4.69, 9.17) is 11.6 Å². The lowest BCUT2D eigenvalue weighted by molar-refractivity contribution is -0.118. The van der Waals surface area contributed by atoms with Gasteiger partial charge in [-0.1, -0.05) is 23.7 Å². The molecule has 0 saturated heterocycles. The second-order valence-corrected chi connectivity index (χ2v) is 7.67. The van der Waals surface area contributed by atoms with Crippen LogP contribution in [0.15, 0.2) is 45.1 Å². The van der Waals surface area contributed by atoms with Crippen molar-refractivity contribution in [1.29, 1.82) is 0 Å². The van der Waals surface area contributed by atoms with Crippen LogP contribution in [0.25, 0.3) is 0 Å². The third-order valence-electron chi connectivity index (χ3n) is 2.28. The van der Waals surface area contributed by atoms with Crippen molar-refractivity contribution < 1.29 is 4.79 Å². The SMILES string of the molecule is O=C(CSc1ccccc1Cl)NCc1ccc(Br)s1. The highest BCUT2D eigenvalue weighted by molar-refractivity contribution is 9.11. The van der Waals surface area contributed by atoms with Gasteiger partial charge in [-0.05, 0) is 40.2 Å². The van der Waals surface area contributed by atoms with Crippen LogP contribution in [0, 0.1) is 0 Å². The maximum absolute atomic E-state index is 11.7. The molecule has 6 heteroatoms. The zero-order valence-corrected chi connectivity index (χ0v) is 13.8. The molecule has 0 saturated carbocycles. The molecule has 2 aromatic rings. The zero-order chi connectivity index (χ0) is 13.7. The van der Waals surface area contributed by atoms with Crippen LogP contribution in [-0.4, -0.2) is 11.7 Å². The van der Waals surface area contributed by atoms with Crippen LogP contribution in [0.3, 0.4) is 0 Å². The molecule has 0 bridgehead atoms. The minimum absolute atomic E-state index is 0.00874. The minimum Gasteiger partial charge on any atom is -0.350 e. The van der Waals surface area contributed by atoms with E-state index in [1.807, 2.05) is 36.4 Å². The van der Waals surface area contributed by atoms with Crippen LogP contribution in [0.4, 0.5) is 0 Å². The molecule has 0 aliphatic heterocycles. The summed E-state index contributed by atoms with van der Waals surface area (Å²) in [6.45, 7) is 0.568. The van der Waals surface area contributed by atoms with Gasteiger partial charge in [-0.15, -0.1) is 23.1 Å². The Morgan fingerprint density at radius 1 is 1.32 bits per heavy atom. The van der Waals surface area contributed by atoms with Crippen LogP contribution in [-0.2, 0) is 11.3 Å². The number of carbonyl (C=O) groups excluding carboxylic acids is 1. The number of benzene rings is 1. The molecule has 100 valence electrons. The molecule has 2 nitrogen and oxygen atoms in total. The molecule has 0 aliphatic rings. The molecule has 0 unspecified atom stereocenters. The Morgan fingerprint density at radius 2 is 2.11 bits per heavy atom. The monoisotopic (exact) mass is 375 g/mol. The first-order valence-corrected chi connectivity index (χ1v) is 8.50. The Hall–Kier alpha value is -0.490. The second-order valence-electron chi connectivity index (χ2n) is 3.70. The third kappa shape index (κ3) is 4.84. The zero-order valence-electron chi connectivity index (χ0n) is 9.86. The average molecular weight is 377 g/mol. The highest BCUT2D eigenvalue weighted by Gasteiger charge is 2.06. The summed E-state index contributed by atoms with van der Waals surface area (Å²) in [6.07, 6.45) is 0. The van der Waals surface area contributed by atoms with Crippen LogP contribution >= 0.6 is 50.6 Å². The molecular weight excluding hydrogens is 366 g/mol. The first-order chi connectivity index (χ1) is 9.15. The van der Waals surface area contributed by atoms with E-state index in [-0.39, 0.29) is 5.91 Å². The Balaban J connectivity index is 1.77. The molecule has 1 aromatic heterocycles. The number of nitrogens with one attached hydrogen (secondary N) is 1. The predicted octanol–water partition coefficient (Wildman–Crippen LogP) is 4.57. The highest BCUT2D eigenvalue weighted by atomic mass is 79.9. The Bertz CT molecular complexity index is 573. The number of hydrogen-bond donors (Lipinski definition) is 1. The third-order valence-corrected chi connectivity index (χ3v) is 5.42. The maximum Gasteiger partial charge on any atom is 0.230 e. The maximum atomic E-state index is 11.7. The normalized spacial score (nSPS) is 10.4. The molecular formula is C13H11BrClNOS2. The number of carbonyl (C=O) groups is 1. The van der Waals surface area contributed by atoms with Crippen LogP contribution < -0.4 is 5.32 Å². The van der Waals surface area contributed by atoms with Crippen LogP contribution in [0.5, 0.6) is 0 Å². The van der Waals surface area contributed by atoms with E-state index < -0.39 is 0 Å². The standard InChI is InChI=1S/C13H11BrClNOS2/c14-12-6-5-9(19-12)7-16-13(17)8-18-11-4-2-1-3-10(11)15/h1-6H,7-8H2,(H,16,17). The molecule has 1 amide bonds. The van der Waals surface area contributed by atoms with Gasteiger partial charge in [-0.3, -0.25) is 4.79 Å². The lowest BCUT2D eigenvalue weighted by Gasteiger charge is -2.05. The van der Waals surface area contributed by atoms with Gasteiger partial charge in [0.15, 0.2) is 0 Å². The van der Waals surface area contributed by atoms with Gasteiger partial charge in [0.25, 0.3) is 0 Å². The van der Waals surface area contributed by atoms with Crippen molar-refractivity contribution in [3.05, 3.63) is 50.1 Å². The van der Waals surface area contributed by atoms with Crippen molar-refractivity contribution in [2.24, 2.45) is 0 Å². The van der Waals surface area contributed by atoms with Crippen LogP contribution in [0.2, 0.25) is 5.02 Å². The predicted molar refractivity (Wildman–Crippen MR) is 86.0 cm³/mol. The van der Waals surface area contributed by atoms with Gasteiger partial charge in [0.2, 0.25) is 5.91 Å². The Morgan fingerprint density at radius 3 is 2.79 bits per heavy atom. The topological polar surface area (TPSA) is 29.1 Å². The van der Waals surface area contributed by atoms with Gasteiger partial charge >= 0.3 is 0 Å². The molecule has 2 rings (SSSR count). The number of rotatable bonds is 5. The van der Waals surface area contributed by atoms with Crippen LogP contribution in [0.1, 0.15) is 4.88 Å². The van der Waals surface area contributed by atoms with E-state index in [9.17, 15) is 4.79 Å².